The second-order valence-corrected chi connectivity index (χ2v) is 9.72. The fraction of sp³-hybridized carbons (Fsp3) is 0.375. The van der Waals surface area contributed by atoms with E-state index in [1.807, 2.05) is 31.2 Å². The van der Waals surface area contributed by atoms with Gasteiger partial charge in [0.2, 0.25) is 15.9 Å². The molecule has 0 radical (unpaired) electrons. The maximum atomic E-state index is 13.0. The number of carbonyl (C=O) groups is 1. The average molecular weight is 475 g/mol. The van der Waals surface area contributed by atoms with E-state index in [4.69, 9.17) is 13.9 Å². The number of furan rings is 1. The molecule has 0 aliphatic carbocycles. The molecule has 2 aromatic carbocycles. The van der Waals surface area contributed by atoms with Gasteiger partial charge in [0, 0.05) is 5.39 Å². The highest BCUT2D eigenvalue weighted by Crippen LogP contribution is 2.31. The standard InChI is InChI=1S/C24H30N2O6S/c1-6-31-20-9-7-8-17-14-21(32-23(17)20)16(4)25-24(27)22(15(2)3)26-33(28,29)19-12-10-18(30-5)11-13-19/h7-16,22,26H,6H2,1-5H3,(H,25,27)/t16?,22-/m0/s1. The molecule has 0 aliphatic heterocycles. The summed E-state index contributed by atoms with van der Waals surface area (Å²) in [6.07, 6.45) is 0. The van der Waals surface area contributed by atoms with Crippen molar-refractivity contribution in [3.05, 3.63) is 54.3 Å². The average Bonchev–Trinajstić information content (AvgIpc) is 3.23. The highest BCUT2D eigenvalue weighted by atomic mass is 32.2. The normalized spacial score (nSPS) is 13.6. The number of ether oxygens (including phenoxy) is 2. The molecule has 3 aromatic rings. The topological polar surface area (TPSA) is 107 Å². The molecule has 1 heterocycles. The smallest absolute Gasteiger partial charge is 0.241 e. The van der Waals surface area contributed by atoms with Crippen LogP contribution >= 0.6 is 0 Å². The van der Waals surface area contributed by atoms with Crippen LogP contribution < -0.4 is 19.5 Å². The molecular weight excluding hydrogens is 444 g/mol. The van der Waals surface area contributed by atoms with E-state index in [9.17, 15) is 13.2 Å². The predicted octanol–water partition coefficient (Wildman–Crippen LogP) is 4.02. The Balaban J connectivity index is 1.77. The first-order valence-electron chi connectivity index (χ1n) is 10.8. The van der Waals surface area contributed by atoms with Crippen LogP contribution in [-0.4, -0.2) is 34.1 Å². The lowest BCUT2D eigenvalue weighted by Crippen LogP contribution is -2.50. The van der Waals surface area contributed by atoms with Crippen molar-refractivity contribution in [3.63, 3.8) is 0 Å². The first kappa shape index (κ1) is 24.6. The number of amides is 1. The number of rotatable bonds is 10. The molecule has 1 amide bonds. The molecule has 33 heavy (non-hydrogen) atoms. The van der Waals surface area contributed by atoms with Gasteiger partial charge in [-0.1, -0.05) is 26.0 Å². The van der Waals surface area contributed by atoms with Gasteiger partial charge in [-0.3, -0.25) is 4.79 Å². The minimum absolute atomic E-state index is 0.0514. The molecule has 1 unspecified atom stereocenters. The molecular formula is C24H30N2O6S. The Bertz CT molecular complexity index is 1200. The number of hydrogen-bond acceptors (Lipinski definition) is 6. The highest BCUT2D eigenvalue weighted by Gasteiger charge is 2.30. The predicted molar refractivity (Wildman–Crippen MR) is 126 cm³/mol. The van der Waals surface area contributed by atoms with Gasteiger partial charge in [-0.05, 0) is 56.2 Å². The number of sulfonamides is 1. The minimum atomic E-state index is -3.91. The maximum absolute atomic E-state index is 13.0. The Morgan fingerprint density at radius 3 is 2.39 bits per heavy atom. The van der Waals surface area contributed by atoms with Gasteiger partial charge in [0.05, 0.1) is 24.7 Å². The first-order valence-corrected chi connectivity index (χ1v) is 12.3. The summed E-state index contributed by atoms with van der Waals surface area (Å²) in [6.45, 7) is 7.74. The van der Waals surface area contributed by atoms with Crippen LogP contribution in [0.5, 0.6) is 11.5 Å². The Labute approximate surface area is 194 Å². The summed E-state index contributed by atoms with van der Waals surface area (Å²) in [6, 6.07) is 12.0. The summed E-state index contributed by atoms with van der Waals surface area (Å²) in [5.74, 6) is 0.989. The van der Waals surface area contributed by atoms with Crippen molar-refractivity contribution in [2.45, 2.75) is 44.7 Å². The SMILES string of the molecule is CCOc1cccc2cc(C(C)NC(=O)[C@@H](NS(=O)(=O)c3ccc(OC)cc3)C(C)C)oc12. The van der Waals surface area contributed by atoms with Gasteiger partial charge in [-0.2, -0.15) is 4.72 Å². The molecule has 2 atom stereocenters. The van der Waals surface area contributed by atoms with E-state index < -0.39 is 28.0 Å². The first-order chi connectivity index (χ1) is 15.7. The highest BCUT2D eigenvalue weighted by molar-refractivity contribution is 7.89. The maximum Gasteiger partial charge on any atom is 0.241 e. The number of nitrogens with one attached hydrogen (secondary N) is 2. The Morgan fingerprint density at radius 2 is 1.79 bits per heavy atom. The molecule has 0 saturated heterocycles. The number of para-hydroxylation sites is 1. The summed E-state index contributed by atoms with van der Waals surface area (Å²) in [4.78, 5) is 13.1. The van der Waals surface area contributed by atoms with Crippen molar-refractivity contribution in [2.75, 3.05) is 13.7 Å². The second kappa shape index (κ2) is 10.3. The molecule has 178 valence electrons. The van der Waals surface area contributed by atoms with Crippen molar-refractivity contribution in [3.8, 4) is 11.5 Å². The molecule has 0 spiro atoms. The van der Waals surface area contributed by atoms with Gasteiger partial charge in [0.15, 0.2) is 11.3 Å². The molecule has 9 heteroatoms. The van der Waals surface area contributed by atoms with Gasteiger partial charge in [0.25, 0.3) is 0 Å². The molecule has 3 rings (SSSR count). The zero-order valence-electron chi connectivity index (χ0n) is 19.4. The quantitative estimate of drug-likeness (QED) is 0.460. The van der Waals surface area contributed by atoms with E-state index in [-0.39, 0.29) is 10.8 Å². The van der Waals surface area contributed by atoms with Crippen LogP contribution in [0.1, 0.15) is 39.5 Å². The number of carbonyl (C=O) groups excluding carboxylic acids is 1. The van der Waals surface area contributed by atoms with Gasteiger partial charge < -0.3 is 19.2 Å². The molecule has 0 saturated carbocycles. The van der Waals surface area contributed by atoms with Crippen molar-refractivity contribution in [1.82, 2.24) is 10.0 Å². The van der Waals surface area contributed by atoms with Crippen LogP contribution in [0.15, 0.2) is 57.8 Å². The molecule has 0 bridgehead atoms. The largest absolute Gasteiger partial charge is 0.497 e. The summed E-state index contributed by atoms with van der Waals surface area (Å²) >= 11 is 0. The monoisotopic (exact) mass is 474 g/mol. The van der Waals surface area contributed by atoms with Gasteiger partial charge in [-0.15, -0.1) is 0 Å². The van der Waals surface area contributed by atoms with Gasteiger partial charge >= 0.3 is 0 Å². The zero-order chi connectivity index (χ0) is 24.2. The van der Waals surface area contributed by atoms with Crippen LogP contribution in [0.3, 0.4) is 0 Å². The Hall–Kier alpha value is -3.04. The lowest BCUT2D eigenvalue weighted by atomic mass is 10.0. The summed E-state index contributed by atoms with van der Waals surface area (Å²) < 4.78 is 44.9. The molecule has 8 nitrogen and oxygen atoms in total. The van der Waals surface area contributed by atoms with Crippen LogP contribution in [0, 0.1) is 5.92 Å². The third-order valence-electron chi connectivity index (χ3n) is 5.21. The minimum Gasteiger partial charge on any atom is -0.497 e. The molecule has 2 N–H and O–H groups in total. The summed E-state index contributed by atoms with van der Waals surface area (Å²) in [5.41, 5.74) is 0.607. The van der Waals surface area contributed by atoms with E-state index in [0.717, 1.165) is 5.39 Å². The van der Waals surface area contributed by atoms with Crippen LogP contribution in [-0.2, 0) is 14.8 Å². The van der Waals surface area contributed by atoms with Crippen molar-refractivity contribution in [2.24, 2.45) is 5.92 Å². The lowest BCUT2D eigenvalue weighted by Gasteiger charge is -2.23. The Kier molecular flexibility index (Phi) is 7.65. The van der Waals surface area contributed by atoms with E-state index in [0.29, 0.717) is 29.4 Å². The third kappa shape index (κ3) is 5.66. The van der Waals surface area contributed by atoms with Gasteiger partial charge in [-0.25, -0.2) is 8.42 Å². The number of fused-ring (bicyclic) bond motifs is 1. The van der Waals surface area contributed by atoms with E-state index in [1.54, 1.807) is 32.9 Å². The summed E-state index contributed by atoms with van der Waals surface area (Å²) in [5, 5.41) is 3.72. The van der Waals surface area contributed by atoms with Crippen LogP contribution in [0.25, 0.3) is 11.0 Å². The van der Waals surface area contributed by atoms with Crippen molar-refractivity contribution < 1.29 is 27.1 Å². The van der Waals surface area contributed by atoms with E-state index >= 15 is 0 Å². The third-order valence-corrected chi connectivity index (χ3v) is 6.67. The molecule has 1 aromatic heterocycles. The van der Waals surface area contributed by atoms with Crippen LogP contribution in [0.4, 0.5) is 0 Å². The van der Waals surface area contributed by atoms with Crippen molar-refractivity contribution >= 4 is 26.9 Å². The van der Waals surface area contributed by atoms with Crippen molar-refractivity contribution in [1.29, 1.82) is 0 Å². The molecule has 0 aliphatic rings. The fourth-order valence-electron chi connectivity index (χ4n) is 3.40. The van der Waals surface area contributed by atoms with E-state index in [1.165, 1.54) is 19.2 Å². The molecule has 0 fully saturated rings. The van der Waals surface area contributed by atoms with Gasteiger partial charge in [0.1, 0.15) is 17.6 Å². The fourth-order valence-corrected chi connectivity index (χ4v) is 4.74. The number of methoxy groups -OCH3 is 1. The zero-order valence-corrected chi connectivity index (χ0v) is 20.2. The number of benzene rings is 2. The van der Waals surface area contributed by atoms with E-state index in [2.05, 4.69) is 10.0 Å². The lowest BCUT2D eigenvalue weighted by molar-refractivity contribution is -0.124. The van der Waals surface area contributed by atoms with Crippen LogP contribution in [0.2, 0.25) is 0 Å². The Morgan fingerprint density at radius 1 is 1.09 bits per heavy atom. The number of hydrogen-bond donors (Lipinski definition) is 2. The second-order valence-electron chi connectivity index (χ2n) is 8.01. The summed E-state index contributed by atoms with van der Waals surface area (Å²) in [7, 11) is -2.41.